The van der Waals surface area contributed by atoms with E-state index in [1.807, 2.05) is 0 Å². The van der Waals surface area contributed by atoms with Crippen LogP contribution in [0.5, 0.6) is 0 Å². The molecule has 1 N–H and O–H groups in total. The predicted molar refractivity (Wildman–Crippen MR) is 35.5 cm³/mol. The van der Waals surface area contributed by atoms with E-state index in [9.17, 15) is 4.21 Å². The van der Waals surface area contributed by atoms with E-state index in [4.69, 9.17) is 4.55 Å². The molecular weight excluding hydrogens is 135 g/mol. The van der Waals surface area contributed by atoms with Crippen LogP contribution in [0.2, 0.25) is 0 Å². The third-order valence-electron chi connectivity index (χ3n) is 1.08. The molecule has 1 rings (SSSR count). The summed E-state index contributed by atoms with van der Waals surface area (Å²) in [5.74, 6) is 1.07. The average molecular weight is 144 g/mol. The fraction of sp³-hybridized carbons (Fsp3) is 1.00. The van der Waals surface area contributed by atoms with Gasteiger partial charge in [-0.1, -0.05) is 0 Å². The van der Waals surface area contributed by atoms with E-state index in [0.29, 0.717) is 11.7 Å². The molecule has 8 heavy (non-hydrogen) atoms. The van der Waals surface area contributed by atoms with Crippen molar-refractivity contribution in [1.82, 2.24) is 0 Å². The normalized spacial score (nSPS) is 21.6. The van der Waals surface area contributed by atoms with Crippen LogP contribution in [-0.4, -0.2) is 44.1 Å². The van der Waals surface area contributed by atoms with E-state index >= 15 is 0 Å². The number of hydrogen-bond donors (Lipinski definition) is 1. The molecule has 0 amide bonds. The Bertz CT molecular complexity index is 92.0. The van der Waals surface area contributed by atoms with Crippen molar-refractivity contribution in [3.63, 3.8) is 0 Å². The standard InChI is InChI=1S/C4H8O2S.Na.H/c5-7(6)3-4-1-2-4;;/h4H,1-3H2,(H,5,6);;. The summed E-state index contributed by atoms with van der Waals surface area (Å²) in [6.07, 6.45) is 2.32. The summed E-state index contributed by atoms with van der Waals surface area (Å²) in [4.78, 5) is 0. The summed E-state index contributed by atoms with van der Waals surface area (Å²) >= 11 is -1.53. The van der Waals surface area contributed by atoms with Crippen molar-refractivity contribution in [2.75, 3.05) is 5.75 Å². The summed E-state index contributed by atoms with van der Waals surface area (Å²) in [6, 6.07) is 0. The Balaban J connectivity index is 0.000000490. The molecule has 2 nitrogen and oxygen atoms in total. The minimum absolute atomic E-state index is 0. The van der Waals surface area contributed by atoms with E-state index in [0.717, 1.165) is 12.8 Å². The van der Waals surface area contributed by atoms with Crippen LogP contribution in [-0.2, 0) is 11.1 Å². The van der Waals surface area contributed by atoms with Gasteiger partial charge in [0.2, 0.25) is 0 Å². The van der Waals surface area contributed by atoms with E-state index in [-0.39, 0.29) is 29.6 Å². The second-order valence-electron chi connectivity index (χ2n) is 1.93. The Kier molecular flexibility index (Phi) is 4.57. The quantitative estimate of drug-likeness (QED) is 0.436. The van der Waals surface area contributed by atoms with Gasteiger partial charge >= 0.3 is 29.6 Å². The van der Waals surface area contributed by atoms with Crippen molar-refractivity contribution in [1.29, 1.82) is 0 Å². The minimum atomic E-state index is -1.53. The van der Waals surface area contributed by atoms with Crippen molar-refractivity contribution in [3.05, 3.63) is 0 Å². The van der Waals surface area contributed by atoms with Crippen LogP contribution < -0.4 is 0 Å². The zero-order chi connectivity index (χ0) is 5.28. The Morgan fingerprint density at radius 2 is 2.12 bits per heavy atom. The van der Waals surface area contributed by atoms with Gasteiger partial charge < -0.3 is 4.55 Å². The SMILES string of the molecule is O=S(O)CC1CC1.[NaH]. The van der Waals surface area contributed by atoms with Crippen LogP contribution in [0.1, 0.15) is 12.8 Å². The second-order valence-corrected chi connectivity index (χ2v) is 2.91. The number of hydrogen-bond acceptors (Lipinski definition) is 1. The Labute approximate surface area is 73.6 Å². The first-order chi connectivity index (χ1) is 3.29. The maximum absolute atomic E-state index is 9.96. The average Bonchev–Trinajstić information content (AvgIpc) is 2.17. The van der Waals surface area contributed by atoms with E-state index < -0.39 is 11.1 Å². The van der Waals surface area contributed by atoms with Crippen LogP contribution in [0.15, 0.2) is 0 Å². The molecule has 1 fully saturated rings. The molecular formula is C4H9NaO2S. The van der Waals surface area contributed by atoms with Crippen molar-refractivity contribution in [2.24, 2.45) is 5.92 Å². The summed E-state index contributed by atoms with van der Waals surface area (Å²) in [7, 11) is 0. The van der Waals surface area contributed by atoms with Crippen LogP contribution in [0, 0.1) is 5.92 Å². The molecule has 0 aliphatic heterocycles. The van der Waals surface area contributed by atoms with Crippen molar-refractivity contribution in [3.8, 4) is 0 Å². The Morgan fingerprint density at radius 1 is 1.62 bits per heavy atom. The summed E-state index contributed by atoms with van der Waals surface area (Å²) in [5.41, 5.74) is 0. The van der Waals surface area contributed by atoms with Crippen LogP contribution >= 0.6 is 0 Å². The molecule has 1 saturated carbocycles. The first kappa shape index (κ1) is 9.11. The van der Waals surface area contributed by atoms with E-state index in [1.54, 1.807) is 0 Å². The molecule has 0 aromatic rings. The van der Waals surface area contributed by atoms with Crippen LogP contribution in [0.25, 0.3) is 0 Å². The molecule has 0 spiro atoms. The van der Waals surface area contributed by atoms with Gasteiger partial charge in [-0.2, -0.15) is 0 Å². The molecule has 44 valence electrons. The van der Waals surface area contributed by atoms with Gasteiger partial charge in [-0.15, -0.1) is 0 Å². The van der Waals surface area contributed by atoms with Gasteiger partial charge in [0.15, 0.2) is 11.1 Å². The third kappa shape index (κ3) is 4.04. The molecule has 0 aromatic heterocycles. The molecule has 0 aromatic carbocycles. The van der Waals surface area contributed by atoms with Gasteiger partial charge in [0.05, 0.1) is 5.75 Å². The van der Waals surface area contributed by atoms with Gasteiger partial charge in [-0.3, -0.25) is 0 Å². The van der Waals surface area contributed by atoms with Crippen molar-refractivity contribution in [2.45, 2.75) is 12.8 Å². The van der Waals surface area contributed by atoms with E-state index in [1.165, 1.54) is 0 Å². The zero-order valence-corrected chi connectivity index (χ0v) is 4.78. The topological polar surface area (TPSA) is 37.3 Å². The Morgan fingerprint density at radius 3 is 2.25 bits per heavy atom. The molecule has 1 atom stereocenters. The van der Waals surface area contributed by atoms with Gasteiger partial charge in [-0.25, -0.2) is 4.21 Å². The third-order valence-corrected chi connectivity index (χ3v) is 1.83. The second kappa shape index (κ2) is 4.01. The monoisotopic (exact) mass is 144 g/mol. The van der Waals surface area contributed by atoms with Gasteiger partial charge in [0.1, 0.15) is 0 Å². The first-order valence-corrected chi connectivity index (χ1v) is 3.64. The fourth-order valence-corrected chi connectivity index (χ4v) is 1.22. The van der Waals surface area contributed by atoms with Crippen LogP contribution in [0.3, 0.4) is 0 Å². The van der Waals surface area contributed by atoms with Crippen molar-refractivity contribution >= 4 is 40.6 Å². The maximum atomic E-state index is 9.96. The molecule has 1 unspecified atom stereocenters. The molecule has 0 bridgehead atoms. The first-order valence-electron chi connectivity index (χ1n) is 2.36. The summed E-state index contributed by atoms with van der Waals surface area (Å²) in [5, 5.41) is 0. The number of rotatable bonds is 2. The molecule has 1 aliphatic carbocycles. The predicted octanol–water partition coefficient (Wildman–Crippen LogP) is -0.0304. The van der Waals surface area contributed by atoms with E-state index in [2.05, 4.69) is 0 Å². The van der Waals surface area contributed by atoms with Gasteiger partial charge in [-0.05, 0) is 18.8 Å². The van der Waals surface area contributed by atoms with Gasteiger partial charge in [0.25, 0.3) is 0 Å². The fourth-order valence-electron chi connectivity index (χ4n) is 0.486. The molecule has 1 aliphatic rings. The zero-order valence-electron chi connectivity index (χ0n) is 3.96. The van der Waals surface area contributed by atoms with Crippen LogP contribution in [0.4, 0.5) is 0 Å². The summed E-state index contributed by atoms with van der Waals surface area (Å²) < 4.78 is 18.2. The Hall–Kier alpha value is 1.11. The van der Waals surface area contributed by atoms with Crippen molar-refractivity contribution < 1.29 is 8.76 Å². The molecule has 4 heteroatoms. The molecule has 0 saturated heterocycles. The summed E-state index contributed by atoms with van der Waals surface area (Å²) in [6.45, 7) is 0. The molecule has 0 heterocycles. The molecule has 0 radical (unpaired) electrons. The van der Waals surface area contributed by atoms with Gasteiger partial charge in [0, 0.05) is 0 Å².